The molecule has 0 saturated heterocycles. The lowest BCUT2D eigenvalue weighted by Crippen LogP contribution is -2.14. The Kier molecular flexibility index (Phi) is 5.38. The van der Waals surface area contributed by atoms with Crippen LogP contribution in [0.5, 0.6) is 17.4 Å². The van der Waals surface area contributed by atoms with Crippen LogP contribution >= 0.6 is 0 Å². The fourth-order valence-electron chi connectivity index (χ4n) is 1.83. The van der Waals surface area contributed by atoms with Gasteiger partial charge >= 0.3 is 0 Å². The van der Waals surface area contributed by atoms with Crippen LogP contribution in [0.3, 0.4) is 0 Å². The Morgan fingerprint density at radius 3 is 2.80 bits per heavy atom. The quantitative estimate of drug-likeness (QED) is 0.785. The molecule has 0 saturated carbocycles. The first-order valence-corrected chi connectivity index (χ1v) is 6.80. The first kappa shape index (κ1) is 14.3. The maximum Gasteiger partial charge on any atom is 0.223 e. The van der Waals surface area contributed by atoms with Gasteiger partial charge in [-0.05, 0) is 31.2 Å². The lowest BCUT2D eigenvalue weighted by molar-refractivity contribution is 0.406. The number of aromatic nitrogens is 1. The molecule has 0 amide bonds. The molecule has 2 rings (SSSR count). The molecule has 106 valence electrons. The average molecular weight is 272 g/mol. The summed E-state index contributed by atoms with van der Waals surface area (Å²) in [6.45, 7) is 3.87. The van der Waals surface area contributed by atoms with Crippen molar-refractivity contribution in [2.45, 2.75) is 19.9 Å². The van der Waals surface area contributed by atoms with E-state index in [-0.39, 0.29) is 0 Å². The summed E-state index contributed by atoms with van der Waals surface area (Å²) in [7, 11) is 1.64. The van der Waals surface area contributed by atoms with E-state index in [0.717, 1.165) is 36.6 Å². The molecule has 0 aliphatic carbocycles. The second kappa shape index (κ2) is 7.50. The van der Waals surface area contributed by atoms with Crippen LogP contribution in [0.4, 0.5) is 0 Å². The van der Waals surface area contributed by atoms with E-state index in [4.69, 9.17) is 9.47 Å². The Morgan fingerprint density at radius 1 is 1.15 bits per heavy atom. The molecule has 0 unspecified atom stereocenters. The molecule has 1 aromatic heterocycles. The molecular formula is C16H20N2O2. The Morgan fingerprint density at radius 2 is 2.00 bits per heavy atom. The molecule has 0 aliphatic rings. The van der Waals surface area contributed by atoms with Crippen LogP contribution in [0, 0.1) is 0 Å². The summed E-state index contributed by atoms with van der Waals surface area (Å²) in [5, 5.41) is 3.36. The van der Waals surface area contributed by atoms with E-state index in [9.17, 15) is 0 Å². The number of nitrogens with one attached hydrogen (secondary N) is 1. The highest BCUT2D eigenvalue weighted by molar-refractivity contribution is 5.37. The third-order valence-electron chi connectivity index (χ3n) is 2.85. The molecule has 0 fully saturated rings. The maximum absolute atomic E-state index is 5.85. The van der Waals surface area contributed by atoms with Crippen molar-refractivity contribution in [3.63, 3.8) is 0 Å². The van der Waals surface area contributed by atoms with Crippen molar-refractivity contribution in [2.24, 2.45) is 0 Å². The van der Waals surface area contributed by atoms with E-state index < -0.39 is 0 Å². The molecule has 0 atom stereocenters. The van der Waals surface area contributed by atoms with Crippen LogP contribution in [0.1, 0.15) is 18.9 Å². The number of methoxy groups -OCH3 is 1. The zero-order chi connectivity index (χ0) is 14.2. The standard InChI is InChI=1S/C16H20N2O2/c1-3-9-17-12-13-6-5-10-18-16(13)20-15-8-4-7-14(11-15)19-2/h4-8,10-11,17H,3,9,12H2,1-2H3. The lowest BCUT2D eigenvalue weighted by atomic mass is 10.2. The van der Waals surface area contributed by atoms with Crippen molar-refractivity contribution in [1.29, 1.82) is 0 Å². The second-order valence-corrected chi connectivity index (χ2v) is 4.43. The van der Waals surface area contributed by atoms with Crippen molar-refractivity contribution < 1.29 is 9.47 Å². The summed E-state index contributed by atoms with van der Waals surface area (Å²) < 4.78 is 11.0. The third kappa shape index (κ3) is 3.96. The minimum atomic E-state index is 0.629. The SMILES string of the molecule is CCCNCc1cccnc1Oc1cccc(OC)c1. The summed E-state index contributed by atoms with van der Waals surface area (Å²) >= 11 is 0. The summed E-state index contributed by atoms with van der Waals surface area (Å²) in [5.41, 5.74) is 1.05. The predicted molar refractivity (Wildman–Crippen MR) is 79.3 cm³/mol. The molecule has 0 bridgehead atoms. The van der Waals surface area contributed by atoms with Gasteiger partial charge in [0.15, 0.2) is 0 Å². The first-order valence-electron chi connectivity index (χ1n) is 6.80. The summed E-state index contributed by atoms with van der Waals surface area (Å²) in [6.07, 6.45) is 2.84. The molecular weight excluding hydrogens is 252 g/mol. The van der Waals surface area contributed by atoms with Crippen LogP contribution in [0.2, 0.25) is 0 Å². The van der Waals surface area contributed by atoms with E-state index in [0.29, 0.717) is 5.88 Å². The van der Waals surface area contributed by atoms with E-state index in [2.05, 4.69) is 17.2 Å². The molecule has 1 N–H and O–H groups in total. The van der Waals surface area contributed by atoms with Crippen molar-refractivity contribution in [1.82, 2.24) is 10.3 Å². The molecule has 0 spiro atoms. The van der Waals surface area contributed by atoms with Gasteiger partial charge in [0.05, 0.1) is 7.11 Å². The number of hydrogen-bond acceptors (Lipinski definition) is 4. The van der Waals surface area contributed by atoms with Gasteiger partial charge in [-0.3, -0.25) is 0 Å². The normalized spacial score (nSPS) is 10.3. The highest BCUT2D eigenvalue weighted by Gasteiger charge is 2.06. The number of ether oxygens (including phenoxy) is 2. The number of nitrogens with zero attached hydrogens (tertiary/aromatic N) is 1. The van der Waals surface area contributed by atoms with E-state index in [1.54, 1.807) is 13.3 Å². The van der Waals surface area contributed by atoms with Gasteiger partial charge < -0.3 is 14.8 Å². The summed E-state index contributed by atoms with van der Waals surface area (Å²) in [5.74, 6) is 2.12. The van der Waals surface area contributed by atoms with Gasteiger partial charge in [0.1, 0.15) is 11.5 Å². The van der Waals surface area contributed by atoms with Crippen LogP contribution < -0.4 is 14.8 Å². The summed E-state index contributed by atoms with van der Waals surface area (Å²) in [4.78, 5) is 4.31. The van der Waals surface area contributed by atoms with Gasteiger partial charge in [-0.2, -0.15) is 0 Å². The minimum absolute atomic E-state index is 0.629. The zero-order valence-corrected chi connectivity index (χ0v) is 11.9. The number of hydrogen-bond donors (Lipinski definition) is 1. The second-order valence-electron chi connectivity index (χ2n) is 4.43. The average Bonchev–Trinajstić information content (AvgIpc) is 2.49. The van der Waals surface area contributed by atoms with Gasteiger partial charge in [0.25, 0.3) is 0 Å². The topological polar surface area (TPSA) is 43.4 Å². The molecule has 4 nitrogen and oxygen atoms in total. The highest BCUT2D eigenvalue weighted by Crippen LogP contribution is 2.25. The van der Waals surface area contributed by atoms with Crippen molar-refractivity contribution in [2.75, 3.05) is 13.7 Å². The first-order chi connectivity index (χ1) is 9.83. The van der Waals surface area contributed by atoms with Crippen LogP contribution in [0.25, 0.3) is 0 Å². The Balaban J connectivity index is 2.11. The van der Waals surface area contributed by atoms with Gasteiger partial charge in [-0.15, -0.1) is 0 Å². The van der Waals surface area contributed by atoms with Crippen LogP contribution in [-0.2, 0) is 6.54 Å². The van der Waals surface area contributed by atoms with Crippen LogP contribution in [0.15, 0.2) is 42.6 Å². The van der Waals surface area contributed by atoms with Gasteiger partial charge in [-0.1, -0.05) is 19.1 Å². The predicted octanol–water partition coefficient (Wildman–Crippen LogP) is 3.38. The Labute approximate surface area is 119 Å². The van der Waals surface area contributed by atoms with Crippen molar-refractivity contribution in [3.8, 4) is 17.4 Å². The molecule has 1 aromatic carbocycles. The molecule has 0 radical (unpaired) electrons. The third-order valence-corrected chi connectivity index (χ3v) is 2.85. The fourth-order valence-corrected chi connectivity index (χ4v) is 1.83. The van der Waals surface area contributed by atoms with Crippen molar-refractivity contribution >= 4 is 0 Å². The summed E-state index contributed by atoms with van der Waals surface area (Å²) in [6, 6.07) is 11.5. The number of rotatable bonds is 7. The minimum Gasteiger partial charge on any atom is -0.497 e. The molecule has 2 aromatic rings. The van der Waals surface area contributed by atoms with E-state index in [1.165, 1.54) is 0 Å². The Bertz CT molecular complexity index is 544. The van der Waals surface area contributed by atoms with Crippen LogP contribution in [-0.4, -0.2) is 18.6 Å². The molecule has 20 heavy (non-hydrogen) atoms. The molecule has 1 heterocycles. The highest BCUT2D eigenvalue weighted by atomic mass is 16.5. The van der Waals surface area contributed by atoms with E-state index in [1.807, 2.05) is 36.4 Å². The van der Waals surface area contributed by atoms with Gasteiger partial charge in [-0.25, -0.2) is 4.98 Å². The number of benzene rings is 1. The monoisotopic (exact) mass is 272 g/mol. The molecule has 4 heteroatoms. The zero-order valence-electron chi connectivity index (χ0n) is 11.9. The van der Waals surface area contributed by atoms with E-state index >= 15 is 0 Å². The lowest BCUT2D eigenvalue weighted by Gasteiger charge is -2.11. The fraction of sp³-hybridized carbons (Fsp3) is 0.312. The van der Waals surface area contributed by atoms with Gasteiger partial charge in [0, 0.05) is 24.4 Å². The smallest absolute Gasteiger partial charge is 0.223 e. The largest absolute Gasteiger partial charge is 0.497 e. The van der Waals surface area contributed by atoms with Crippen molar-refractivity contribution in [3.05, 3.63) is 48.2 Å². The number of pyridine rings is 1. The van der Waals surface area contributed by atoms with Gasteiger partial charge in [0.2, 0.25) is 5.88 Å². The Hall–Kier alpha value is -2.07. The maximum atomic E-state index is 5.85. The molecule has 0 aliphatic heterocycles.